The molecule has 1 aromatic heterocycles. The lowest BCUT2D eigenvalue weighted by molar-refractivity contribution is -0.116. The summed E-state index contributed by atoms with van der Waals surface area (Å²) in [5, 5.41) is 5.62. The molecule has 3 aromatic rings. The van der Waals surface area contributed by atoms with Crippen molar-refractivity contribution in [3.8, 4) is 5.75 Å². The molecule has 0 bridgehead atoms. The van der Waals surface area contributed by atoms with Gasteiger partial charge in [-0.2, -0.15) is 0 Å². The number of aryl methyl sites for hydroxylation is 1. The molecule has 6 nitrogen and oxygen atoms in total. The topological polar surface area (TPSA) is 80.6 Å². The Balaban J connectivity index is 1.60. The number of carbonyl (C=O) groups excluding carboxylic acids is 2. The van der Waals surface area contributed by atoms with Crippen molar-refractivity contribution in [2.24, 2.45) is 0 Å². The highest BCUT2D eigenvalue weighted by Crippen LogP contribution is 2.20. The van der Waals surface area contributed by atoms with Crippen molar-refractivity contribution in [3.05, 3.63) is 83.8 Å². The monoisotopic (exact) mass is 378 g/mol. The van der Waals surface area contributed by atoms with Crippen LogP contribution in [0.4, 0.5) is 5.69 Å². The Morgan fingerprint density at radius 3 is 2.57 bits per heavy atom. The number of hydrogen-bond acceptors (Lipinski definition) is 4. The van der Waals surface area contributed by atoms with Crippen molar-refractivity contribution in [1.29, 1.82) is 0 Å². The van der Waals surface area contributed by atoms with Crippen LogP contribution >= 0.6 is 0 Å². The van der Waals surface area contributed by atoms with Crippen molar-refractivity contribution >= 4 is 17.5 Å². The van der Waals surface area contributed by atoms with Crippen LogP contribution in [-0.2, 0) is 17.8 Å². The molecule has 0 unspecified atom stereocenters. The van der Waals surface area contributed by atoms with E-state index in [0.29, 0.717) is 23.4 Å². The van der Waals surface area contributed by atoms with Crippen LogP contribution in [0.25, 0.3) is 0 Å². The second-order valence-corrected chi connectivity index (χ2v) is 6.17. The zero-order valence-corrected chi connectivity index (χ0v) is 15.6. The van der Waals surface area contributed by atoms with Crippen LogP contribution in [0.5, 0.6) is 5.75 Å². The summed E-state index contributed by atoms with van der Waals surface area (Å²) in [5.74, 6) is 0.967. The van der Waals surface area contributed by atoms with Gasteiger partial charge in [-0.25, -0.2) is 0 Å². The lowest BCUT2D eigenvalue weighted by Gasteiger charge is -2.12. The molecule has 0 fully saturated rings. The van der Waals surface area contributed by atoms with Crippen molar-refractivity contribution in [1.82, 2.24) is 5.32 Å². The molecular formula is C22H22N2O4. The van der Waals surface area contributed by atoms with Gasteiger partial charge in [0.2, 0.25) is 5.91 Å². The van der Waals surface area contributed by atoms with E-state index in [1.54, 1.807) is 49.8 Å². The number of hydrogen-bond donors (Lipinski definition) is 2. The minimum absolute atomic E-state index is 0.169. The molecule has 0 radical (unpaired) electrons. The van der Waals surface area contributed by atoms with Crippen molar-refractivity contribution in [2.75, 3.05) is 12.4 Å². The molecule has 6 heteroatoms. The molecule has 0 saturated heterocycles. The Morgan fingerprint density at radius 2 is 1.79 bits per heavy atom. The first kappa shape index (κ1) is 19.2. The molecular weight excluding hydrogens is 356 g/mol. The van der Waals surface area contributed by atoms with Gasteiger partial charge in [0.15, 0.2) is 0 Å². The third-order valence-corrected chi connectivity index (χ3v) is 4.26. The Labute approximate surface area is 163 Å². The summed E-state index contributed by atoms with van der Waals surface area (Å²) >= 11 is 0. The Hall–Kier alpha value is -3.54. The zero-order valence-electron chi connectivity index (χ0n) is 15.6. The Morgan fingerprint density at radius 1 is 1.00 bits per heavy atom. The molecule has 0 aliphatic rings. The number of furan rings is 1. The van der Waals surface area contributed by atoms with E-state index in [1.807, 2.05) is 24.3 Å². The van der Waals surface area contributed by atoms with Crippen molar-refractivity contribution < 1.29 is 18.7 Å². The van der Waals surface area contributed by atoms with Gasteiger partial charge in [-0.3, -0.25) is 9.59 Å². The van der Waals surface area contributed by atoms with Gasteiger partial charge in [-0.1, -0.05) is 30.3 Å². The summed E-state index contributed by atoms with van der Waals surface area (Å²) in [7, 11) is 1.61. The van der Waals surface area contributed by atoms with Crippen LogP contribution in [0.2, 0.25) is 0 Å². The van der Waals surface area contributed by atoms with Crippen molar-refractivity contribution in [3.63, 3.8) is 0 Å². The van der Waals surface area contributed by atoms with E-state index in [1.165, 1.54) is 0 Å². The number of ether oxygens (including phenoxy) is 1. The van der Waals surface area contributed by atoms with Gasteiger partial charge in [0.25, 0.3) is 5.91 Å². The van der Waals surface area contributed by atoms with E-state index < -0.39 is 0 Å². The average Bonchev–Trinajstić information content (AvgIpc) is 3.25. The van der Waals surface area contributed by atoms with Crippen LogP contribution in [-0.4, -0.2) is 18.9 Å². The number of nitrogens with one attached hydrogen (secondary N) is 2. The molecule has 0 spiro atoms. The number of benzene rings is 2. The van der Waals surface area contributed by atoms with Crippen LogP contribution in [0.15, 0.2) is 71.3 Å². The Bertz CT molecular complexity index is 935. The smallest absolute Gasteiger partial charge is 0.253 e. The third kappa shape index (κ3) is 5.01. The predicted molar refractivity (Wildman–Crippen MR) is 106 cm³/mol. The van der Waals surface area contributed by atoms with E-state index in [4.69, 9.17) is 9.15 Å². The first-order valence-electron chi connectivity index (χ1n) is 8.98. The van der Waals surface area contributed by atoms with E-state index in [-0.39, 0.29) is 24.8 Å². The molecule has 144 valence electrons. The van der Waals surface area contributed by atoms with Gasteiger partial charge in [0.05, 0.1) is 31.2 Å². The van der Waals surface area contributed by atoms with Gasteiger partial charge >= 0.3 is 0 Å². The first-order valence-corrected chi connectivity index (χ1v) is 8.98. The van der Waals surface area contributed by atoms with Gasteiger partial charge in [-0.15, -0.1) is 0 Å². The number of amides is 2. The summed E-state index contributed by atoms with van der Waals surface area (Å²) in [6.45, 7) is 0.280. The molecule has 2 aromatic carbocycles. The quantitative estimate of drug-likeness (QED) is 0.625. The number of methoxy groups -OCH3 is 1. The standard InChI is InChI=1S/C22H22N2O4/c1-27-20-11-5-2-7-16(20)12-13-21(25)24-19-10-4-3-9-18(19)22(26)23-15-17-8-6-14-28-17/h2-11,14H,12-13,15H2,1H3,(H,23,26)(H,24,25). The summed E-state index contributed by atoms with van der Waals surface area (Å²) in [4.78, 5) is 24.9. The zero-order chi connectivity index (χ0) is 19.8. The maximum Gasteiger partial charge on any atom is 0.253 e. The molecule has 2 amide bonds. The van der Waals surface area contributed by atoms with E-state index >= 15 is 0 Å². The summed E-state index contributed by atoms with van der Waals surface area (Å²) in [6.07, 6.45) is 2.38. The maximum atomic E-state index is 12.5. The van der Waals surface area contributed by atoms with Crippen LogP contribution < -0.4 is 15.4 Å². The molecule has 1 heterocycles. The minimum atomic E-state index is -0.281. The lowest BCUT2D eigenvalue weighted by Crippen LogP contribution is -2.24. The summed E-state index contributed by atoms with van der Waals surface area (Å²) < 4.78 is 10.5. The molecule has 3 rings (SSSR count). The largest absolute Gasteiger partial charge is 0.496 e. The van der Waals surface area contributed by atoms with Gasteiger partial charge in [0.1, 0.15) is 11.5 Å². The normalized spacial score (nSPS) is 10.3. The molecule has 0 aliphatic heterocycles. The lowest BCUT2D eigenvalue weighted by atomic mass is 10.1. The van der Waals surface area contributed by atoms with Gasteiger partial charge in [-0.05, 0) is 42.3 Å². The van der Waals surface area contributed by atoms with E-state index in [0.717, 1.165) is 11.3 Å². The first-order chi connectivity index (χ1) is 13.7. The van der Waals surface area contributed by atoms with Gasteiger partial charge < -0.3 is 19.8 Å². The SMILES string of the molecule is COc1ccccc1CCC(=O)Nc1ccccc1C(=O)NCc1ccco1. The molecule has 0 aliphatic carbocycles. The molecule has 0 atom stereocenters. The second kappa shape index (κ2) is 9.41. The van der Waals surface area contributed by atoms with Crippen molar-refractivity contribution in [2.45, 2.75) is 19.4 Å². The summed E-state index contributed by atoms with van der Waals surface area (Å²) in [5.41, 5.74) is 1.84. The van der Waals surface area contributed by atoms with Crippen LogP contribution in [0.3, 0.4) is 0 Å². The third-order valence-electron chi connectivity index (χ3n) is 4.26. The number of para-hydroxylation sites is 2. The second-order valence-electron chi connectivity index (χ2n) is 6.17. The highest BCUT2D eigenvalue weighted by molar-refractivity contribution is 6.03. The van der Waals surface area contributed by atoms with E-state index in [2.05, 4.69) is 10.6 Å². The fourth-order valence-electron chi connectivity index (χ4n) is 2.84. The molecule has 0 saturated carbocycles. The molecule has 28 heavy (non-hydrogen) atoms. The van der Waals surface area contributed by atoms with Crippen LogP contribution in [0.1, 0.15) is 28.1 Å². The van der Waals surface area contributed by atoms with Gasteiger partial charge in [0, 0.05) is 6.42 Å². The number of carbonyl (C=O) groups is 2. The fourth-order valence-corrected chi connectivity index (χ4v) is 2.84. The van der Waals surface area contributed by atoms with Crippen LogP contribution in [0, 0.1) is 0 Å². The average molecular weight is 378 g/mol. The fraction of sp³-hybridized carbons (Fsp3) is 0.182. The predicted octanol–water partition coefficient (Wildman–Crippen LogP) is 3.79. The summed E-state index contributed by atoms with van der Waals surface area (Å²) in [6, 6.07) is 18.1. The Kier molecular flexibility index (Phi) is 6.46. The minimum Gasteiger partial charge on any atom is -0.496 e. The highest BCUT2D eigenvalue weighted by atomic mass is 16.5. The van der Waals surface area contributed by atoms with E-state index in [9.17, 15) is 9.59 Å². The molecule has 2 N–H and O–H groups in total. The highest BCUT2D eigenvalue weighted by Gasteiger charge is 2.14. The number of rotatable bonds is 8. The number of anilines is 1. The maximum absolute atomic E-state index is 12.5.